The number of ether oxygens (including phenoxy) is 1. The summed E-state index contributed by atoms with van der Waals surface area (Å²) in [5.74, 6) is 0.0856. The average Bonchev–Trinajstić information content (AvgIpc) is 2.91. The van der Waals surface area contributed by atoms with Crippen molar-refractivity contribution in [2.75, 3.05) is 6.61 Å². The van der Waals surface area contributed by atoms with E-state index in [2.05, 4.69) is 14.7 Å². The molecule has 112 valence electrons. The molecule has 0 bridgehead atoms. The summed E-state index contributed by atoms with van der Waals surface area (Å²) >= 11 is 12.9. The largest absolute Gasteiger partial charge is 0.474 e. The first-order valence-electron chi connectivity index (χ1n) is 6.04. The molecule has 1 N–H and O–H groups in total. The predicted octanol–water partition coefficient (Wildman–Crippen LogP) is 3.43. The van der Waals surface area contributed by atoms with E-state index in [0.29, 0.717) is 14.9 Å². The summed E-state index contributed by atoms with van der Waals surface area (Å²) in [6.07, 6.45) is 3.03. The molecule has 2 aromatic rings. The summed E-state index contributed by atoms with van der Waals surface area (Å²) in [6.45, 7) is 3.90. The number of aromatic nitrogens is 2. The van der Waals surface area contributed by atoms with Crippen molar-refractivity contribution in [2.24, 2.45) is 0 Å². The summed E-state index contributed by atoms with van der Waals surface area (Å²) < 4.78 is 9.44. The highest BCUT2D eigenvalue weighted by Gasteiger charge is 2.23. The highest BCUT2D eigenvalue weighted by molar-refractivity contribution is 7.08. The molecule has 2 heterocycles. The molecule has 0 aliphatic carbocycles. The second-order valence-electron chi connectivity index (χ2n) is 4.94. The summed E-state index contributed by atoms with van der Waals surface area (Å²) in [5, 5.41) is 3.63. The van der Waals surface area contributed by atoms with E-state index >= 15 is 0 Å². The third kappa shape index (κ3) is 4.56. The van der Waals surface area contributed by atoms with Crippen LogP contribution in [0.25, 0.3) is 0 Å². The van der Waals surface area contributed by atoms with Crippen LogP contribution in [0.2, 0.25) is 10.0 Å². The first-order chi connectivity index (χ1) is 9.87. The Balaban J connectivity index is 1.96. The molecule has 2 rings (SSSR count). The van der Waals surface area contributed by atoms with Gasteiger partial charge in [0, 0.05) is 12.4 Å². The van der Waals surface area contributed by atoms with Gasteiger partial charge in [-0.05, 0) is 37.5 Å². The zero-order valence-electron chi connectivity index (χ0n) is 11.4. The number of hydrogen-bond donors (Lipinski definition) is 1. The quantitative estimate of drug-likeness (QED) is 0.901. The normalized spacial score (nSPS) is 11.2. The molecule has 0 spiro atoms. The molecular weight excluding hydrogens is 333 g/mol. The number of halogens is 2. The molecule has 0 fully saturated rings. The standard InChI is InChI=1S/C13H13Cl2N3O2S/c1-13(2,18-11(19)10-3-4-17-21-10)7-20-12-9(15)5-8(14)6-16-12/h3-6H,7H2,1-2H3,(H,18,19). The van der Waals surface area contributed by atoms with Crippen LogP contribution in [0, 0.1) is 0 Å². The van der Waals surface area contributed by atoms with Crippen LogP contribution in [0.5, 0.6) is 5.88 Å². The van der Waals surface area contributed by atoms with Crippen LogP contribution in [0.4, 0.5) is 0 Å². The van der Waals surface area contributed by atoms with E-state index in [1.807, 2.05) is 13.8 Å². The second-order valence-corrected chi connectivity index (χ2v) is 6.62. The molecule has 0 atom stereocenters. The minimum absolute atomic E-state index is 0.193. The third-order valence-electron chi connectivity index (χ3n) is 2.46. The molecule has 0 aliphatic rings. The van der Waals surface area contributed by atoms with Crippen LogP contribution < -0.4 is 10.1 Å². The topological polar surface area (TPSA) is 64.1 Å². The Morgan fingerprint density at radius 2 is 2.24 bits per heavy atom. The molecule has 21 heavy (non-hydrogen) atoms. The lowest BCUT2D eigenvalue weighted by atomic mass is 10.1. The Morgan fingerprint density at radius 1 is 1.48 bits per heavy atom. The number of carbonyl (C=O) groups excluding carboxylic acids is 1. The van der Waals surface area contributed by atoms with Gasteiger partial charge >= 0.3 is 0 Å². The molecule has 2 aromatic heterocycles. The van der Waals surface area contributed by atoms with E-state index in [0.717, 1.165) is 11.5 Å². The molecule has 8 heteroatoms. The minimum atomic E-state index is -0.592. The smallest absolute Gasteiger partial charge is 0.263 e. The van der Waals surface area contributed by atoms with Crippen LogP contribution in [-0.2, 0) is 0 Å². The van der Waals surface area contributed by atoms with Crippen molar-refractivity contribution in [1.29, 1.82) is 0 Å². The van der Waals surface area contributed by atoms with E-state index in [-0.39, 0.29) is 18.4 Å². The number of hydrogen-bond acceptors (Lipinski definition) is 5. The van der Waals surface area contributed by atoms with Crippen molar-refractivity contribution in [2.45, 2.75) is 19.4 Å². The maximum absolute atomic E-state index is 12.0. The summed E-state index contributed by atoms with van der Waals surface area (Å²) in [4.78, 5) is 16.5. The average molecular weight is 346 g/mol. The van der Waals surface area contributed by atoms with Gasteiger partial charge in [-0.15, -0.1) is 0 Å². The van der Waals surface area contributed by atoms with Crippen molar-refractivity contribution in [3.8, 4) is 5.88 Å². The first kappa shape index (κ1) is 16.0. The van der Waals surface area contributed by atoms with Gasteiger partial charge in [0.25, 0.3) is 5.91 Å². The molecule has 0 saturated heterocycles. The van der Waals surface area contributed by atoms with E-state index in [1.54, 1.807) is 18.3 Å². The highest BCUT2D eigenvalue weighted by Crippen LogP contribution is 2.25. The van der Waals surface area contributed by atoms with Crippen LogP contribution in [0.3, 0.4) is 0 Å². The number of pyridine rings is 1. The molecule has 0 aromatic carbocycles. The summed E-state index contributed by atoms with van der Waals surface area (Å²) in [6, 6.07) is 3.21. The van der Waals surface area contributed by atoms with Gasteiger partial charge in [-0.1, -0.05) is 23.2 Å². The van der Waals surface area contributed by atoms with Crippen molar-refractivity contribution < 1.29 is 9.53 Å². The SMILES string of the molecule is CC(C)(COc1ncc(Cl)cc1Cl)NC(=O)c1ccns1. The Kier molecular flexibility index (Phi) is 5.03. The van der Waals surface area contributed by atoms with Crippen molar-refractivity contribution in [3.63, 3.8) is 0 Å². The first-order valence-corrected chi connectivity index (χ1v) is 7.57. The maximum atomic E-state index is 12.0. The van der Waals surface area contributed by atoms with E-state index in [1.165, 1.54) is 6.20 Å². The number of carbonyl (C=O) groups is 1. The maximum Gasteiger partial charge on any atom is 0.263 e. The molecule has 0 radical (unpaired) electrons. The zero-order valence-corrected chi connectivity index (χ0v) is 13.7. The lowest BCUT2D eigenvalue weighted by Crippen LogP contribution is -2.47. The zero-order chi connectivity index (χ0) is 15.5. The van der Waals surface area contributed by atoms with E-state index in [9.17, 15) is 4.79 Å². The Hall–Kier alpha value is -1.37. The van der Waals surface area contributed by atoms with Gasteiger partial charge in [-0.25, -0.2) is 9.36 Å². The van der Waals surface area contributed by atoms with Crippen molar-refractivity contribution in [3.05, 3.63) is 39.4 Å². The van der Waals surface area contributed by atoms with Gasteiger partial charge in [-0.2, -0.15) is 0 Å². The summed E-state index contributed by atoms with van der Waals surface area (Å²) in [7, 11) is 0. The van der Waals surface area contributed by atoms with Crippen LogP contribution in [0.1, 0.15) is 23.5 Å². The van der Waals surface area contributed by atoms with Crippen molar-refractivity contribution >= 4 is 40.6 Å². The lowest BCUT2D eigenvalue weighted by molar-refractivity contribution is 0.0883. The number of nitrogens with one attached hydrogen (secondary N) is 1. The van der Waals surface area contributed by atoms with Crippen LogP contribution in [0.15, 0.2) is 24.5 Å². The highest BCUT2D eigenvalue weighted by atomic mass is 35.5. The van der Waals surface area contributed by atoms with Gasteiger partial charge in [0.05, 0.1) is 10.6 Å². The fourth-order valence-electron chi connectivity index (χ4n) is 1.49. The third-order valence-corrected chi connectivity index (χ3v) is 3.68. The minimum Gasteiger partial charge on any atom is -0.474 e. The van der Waals surface area contributed by atoms with Crippen molar-refractivity contribution in [1.82, 2.24) is 14.7 Å². The second kappa shape index (κ2) is 6.60. The lowest BCUT2D eigenvalue weighted by Gasteiger charge is -2.25. The van der Waals surface area contributed by atoms with E-state index in [4.69, 9.17) is 27.9 Å². The van der Waals surface area contributed by atoms with Gasteiger partial charge in [0.1, 0.15) is 16.5 Å². The number of rotatable bonds is 5. The van der Waals surface area contributed by atoms with Gasteiger partial charge in [0.2, 0.25) is 5.88 Å². The molecule has 0 aliphatic heterocycles. The molecule has 0 saturated carbocycles. The number of nitrogens with zero attached hydrogens (tertiary/aromatic N) is 2. The van der Waals surface area contributed by atoms with Gasteiger partial charge < -0.3 is 10.1 Å². The van der Waals surface area contributed by atoms with Crippen LogP contribution in [-0.4, -0.2) is 27.4 Å². The van der Waals surface area contributed by atoms with Gasteiger partial charge in [0.15, 0.2) is 0 Å². The molecule has 0 unspecified atom stereocenters. The van der Waals surface area contributed by atoms with Gasteiger partial charge in [-0.3, -0.25) is 4.79 Å². The fraction of sp³-hybridized carbons (Fsp3) is 0.308. The van der Waals surface area contributed by atoms with E-state index < -0.39 is 5.54 Å². The number of amides is 1. The molecule has 5 nitrogen and oxygen atoms in total. The monoisotopic (exact) mass is 345 g/mol. The Labute approximate surface area is 136 Å². The summed E-state index contributed by atoms with van der Waals surface area (Å²) in [5.41, 5.74) is -0.592. The van der Waals surface area contributed by atoms with Crippen LogP contribution >= 0.6 is 34.7 Å². The Morgan fingerprint density at radius 3 is 2.86 bits per heavy atom. The fourth-order valence-corrected chi connectivity index (χ4v) is 2.42. The molecule has 1 amide bonds. The molecular formula is C13H13Cl2N3O2S. The Bertz CT molecular complexity index is 632. The predicted molar refractivity (Wildman–Crippen MR) is 83.4 cm³/mol.